The van der Waals surface area contributed by atoms with E-state index in [1.165, 1.54) is 18.5 Å². The summed E-state index contributed by atoms with van der Waals surface area (Å²) in [4.78, 5) is 32.1. The number of carbonyl (C=O) groups excluding carboxylic acids is 1. The summed E-state index contributed by atoms with van der Waals surface area (Å²) >= 11 is 0. The number of benzene rings is 1. The number of nitrogens with one attached hydrogen (secondary N) is 3. The van der Waals surface area contributed by atoms with Gasteiger partial charge in [0.2, 0.25) is 0 Å². The molecule has 0 radical (unpaired) electrons. The maximum atomic E-state index is 13.1. The van der Waals surface area contributed by atoms with Gasteiger partial charge in [-0.05, 0) is 55.5 Å². The lowest BCUT2D eigenvalue weighted by Gasteiger charge is -2.42. The zero-order valence-corrected chi connectivity index (χ0v) is 22.1. The van der Waals surface area contributed by atoms with E-state index < -0.39 is 0 Å². The van der Waals surface area contributed by atoms with E-state index in [0.717, 1.165) is 72.8 Å². The van der Waals surface area contributed by atoms with Crippen molar-refractivity contribution in [2.24, 2.45) is 0 Å². The minimum Gasteiger partial charge on any atom is -0.395 e. The number of piperazine rings is 1. The van der Waals surface area contributed by atoms with Crippen molar-refractivity contribution in [3.63, 3.8) is 0 Å². The van der Waals surface area contributed by atoms with Crippen LogP contribution in [0.5, 0.6) is 0 Å². The molecule has 10 heteroatoms. The smallest absolute Gasteiger partial charge is 0.323 e. The number of rotatable bonds is 7. The number of nitrogens with zero attached hydrogens (tertiary/aromatic N) is 5. The van der Waals surface area contributed by atoms with Crippen LogP contribution in [0.4, 0.5) is 16.3 Å². The average Bonchev–Trinajstić information content (AvgIpc) is 3.67. The van der Waals surface area contributed by atoms with Crippen molar-refractivity contribution in [2.45, 2.75) is 31.7 Å². The Morgan fingerprint density at radius 1 is 1.08 bits per heavy atom. The summed E-state index contributed by atoms with van der Waals surface area (Å²) in [5, 5.41) is 16.9. The van der Waals surface area contributed by atoms with E-state index in [4.69, 9.17) is 0 Å². The van der Waals surface area contributed by atoms with Crippen molar-refractivity contribution < 1.29 is 9.90 Å². The van der Waals surface area contributed by atoms with Crippen molar-refractivity contribution >= 4 is 28.6 Å². The molecule has 0 spiro atoms. The molecule has 6 rings (SSSR count). The van der Waals surface area contributed by atoms with Crippen LogP contribution >= 0.6 is 0 Å². The molecule has 2 saturated heterocycles. The van der Waals surface area contributed by atoms with Crippen LogP contribution in [0.25, 0.3) is 11.0 Å². The fourth-order valence-electron chi connectivity index (χ4n) is 6.03. The van der Waals surface area contributed by atoms with Gasteiger partial charge in [0, 0.05) is 56.8 Å². The van der Waals surface area contributed by atoms with Crippen LogP contribution in [-0.4, -0.2) is 81.8 Å². The number of anilines is 2. The third-order valence-electron chi connectivity index (χ3n) is 7.92. The second kappa shape index (κ2) is 11.5. The molecule has 2 aliphatic heterocycles. The summed E-state index contributed by atoms with van der Waals surface area (Å²) < 4.78 is 0. The van der Waals surface area contributed by atoms with Crippen LogP contribution in [0, 0.1) is 0 Å². The molecule has 1 aromatic carbocycles. The molecule has 1 aliphatic carbocycles. The molecule has 39 heavy (non-hydrogen) atoms. The average molecular weight is 529 g/mol. The van der Waals surface area contributed by atoms with E-state index >= 15 is 0 Å². The second-order valence-corrected chi connectivity index (χ2v) is 10.4. The summed E-state index contributed by atoms with van der Waals surface area (Å²) in [5.41, 5.74) is 4.78. The molecule has 10 nitrogen and oxygen atoms in total. The lowest BCUT2D eigenvalue weighted by Crippen LogP contribution is -2.49. The van der Waals surface area contributed by atoms with Gasteiger partial charge in [0.05, 0.1) is 23.7 Å². The summed E-state index contributed by atoms with van der Waals surface area (Å²) in [6.07, 6.45) is 12.0. The molecule has 2 amide bonds. The first-order valence-electron chi connectivity index (χ1n) is 13.9. The minimum atomic E-state index is -0.237. The van der Waals surface area contributed by atoms with E-state index in [2.05, 4.69) is 52.4 Å². The molecule has 204 valence electrons. The van der Waals surface area contributed by atoms with Gasteiger partial charge >= 0.3 is 6.03 Å². The summed E-state index contributed by atoms with van der Waals surface area (Å²) in [5.74, 6) is 0.908. The summed E-state index contributed by atoms with van der Waals surface area (Å²) in [6.45, 7) is 5.10. The van der Waals surface area contributed by atoms with Crippen LogP contribution in [0.2, 0.25) is 0 Å². The molecule has 1 unspecified atom stereocenters. The van der Waals surface area contributed by atoms with E-state index in [0.29, 0.717) is 13.1 Å². The Kier molecular flexibility index (Phi) is 7.46. The number of urea groups is 1. The lowest BCUT2D eigenvalue weighted by atomic mass is 10.0. The van der Waals surface area contributed by atoms with Crippen LogP contribution in [0.3, 0.4) is 0 Å². The second-order valence-electron chi connectivity index (χ2n) is 10.4. The topological polar surface area (TPSA) is 113 Å². The van der Waals surface area contributed by atoms with Crippen molar-refractivity contribution in [2.75, 3.05) is 56.1 Å². The molecule has 2 aromatic heterocycles. The number of aliphatic hydroxyl groups excluding tert-OH is 1. The summed E-state index contributed by atoms with van der Waals surface area (Å²) in [7, 11) is 0. The van der Waals surface area contributed by atoms with Gasteiger partial charge in [-0.2, -0.15) is 0 Å². The number of carbonyl (C=O) groups is 1. The number of amides is 2. The molecule has 2 fully saturated rings. The van der Waals surface area contributed by atoms with Crippen molar-refractivity contribution in [3.05, 3.63) is 72.0 Å². The maximum absolute atomic E-state index is 13.1. The van der Waals surface area contributed by atoms with Crippen molar-refractivity contribution in [1.82, 2.24) is 30.1 Å². The minimum absolute atomic E-state index is 0.0328. The highest BCUT2D eigenvalue weighted by atomic mass is 16.3. The summed E-state index contributed by atoms with van der Waals surface area (Å²) in [6, 6.07) is 9.83. The molecular formula is C29H36N8O2. The molecular weight excluding hydrogens is 492 g/mol. The van der Waals surface area contributed by atoms with Gasteiger partial charge in [0.1, 0.15) is 17.8 Å². The zero-order valence-electron chi connectivity index (χ0n) is 22.1. The Bertz CT molecular complexity index is 1380. The number of H-pyrrole nitrogens is 1. The zero-order chi connectivity index (χ0) is 26.6. The predicted molar refractivity (Wildman–Crippen MR) is 152 cm³/mol. The van der Waals surface area contributed by atoms with E-state index in [-0.39, 0.29) is 18.7 Å². The van der Waals surface area contributed by atoms with Crippen molar-refractivity contribution in [3.8, 4) is 0 Å². The number of fused-ring (bicyclic) bond motifs is 1. The highest BCUT2D eigenvalue weighted by Gasteiger charge is 2.30. The van der Waals surface area contributed by atoms with Gasteiger partial charge in [-0.25, -0.2) is 14.8 Å². The van der Waals surface area contributed by atoms with E-state index in [1.54, 1.807) is 6.33 Å². The number of aromatic nitrogens is 3. The van der Waals surface area contributed by atoms with Crippen LogP contribution in [0.1, 0.15) is 37.3 Å². The van der Waals surface area contributed by atoms with E-state index in [9.17, 15) is 9.90 Å². The molecule has 4 heterocycles. The van der Waals surface area contributed by atoms with Crippen molar-refractivity contribution in [1.29, 1.82) is 0 Å². The molecule has 0 bridgehead atoms. The first-order chi connectivity index (χ1) is 19.2. The number of hydrogen-bond acceptors (Lipinski definition) is 7. The molecule has 1 atom stereocenters. The number of aromatic amines is 1. The van der Waals surface area contributed by atoms with Crippen LogP contribution < -0.4 is 15.5 Å². The van der Waals surface area contributed by atoms with E-state index in [1.807, 2.05) is 36.5 Å². The largest absolute Gasteiger partial charge is 0.395 e. The van der Waals surface area contributed by atoms with Gasteiger partial charge in [-0.1, -0.05) is 18.2 Å². The van der Waals surface area contributed by atoms with Crippen LogP contribution in [-0.2, 0) is 0 Å². The predicted octanol–water partition coefficient (Wildman–Crippen LogP) is 3.59. The molecule has 0 saturated carbocycles. The normalized spacial score (nSPS) is 20.2. The Balaban J connectivity index is 1.19. The SMILES string of the molecule is O=C(NC1=C(N2CCCC2)CCC=C1)Nc1cccc(C2CN(c3ncnc4[nH]ccc34)CCN2CCO)c1. The third kappa shape index (κ3) is 5.48. The monoisotopic (exact) mass is 528 g/mol. The molecule has 4 N–H and O–H groups in total. The van der Waals surface area contributed by atoms with Crippen LogP contribution in [0.15, 0.2) is 66.4 Å². The third-order valence-corrected chi connectivity index (χ3v) is 7.92. The maximum Gasteiger partial charge on any atom is 0.323 e. The number of allylic oxidation sites excluding steroid dienone is 3. The first kappa shape index (κ1) is 25.4. The number of aliphatic hydroxyl groups is 1. The fraction of sp³-hybridized carbons (Fsp3) is 0.414. The molecule has 3 aliphatic rings. The number of β-amino-alcohol motifs (C(OH)–C–C–N with tert-alkyl or cyclic N) is 1. The first-order valence-corrected chi connectivity index (χ1v) is 13.9. The highest BCUT2D eigenvalue weighted by molar-refractivity contribution is 5.91. The fourth-order valence-corrected chi connectivity index (χ4v) is 6.03. The standard InChI is InChI=1S/C29H36N8O2/c38-17-16-36-14-15-37(28-23-10-11-30-27(23)31-20-32-28)19-26(36)21-6-5-7-22(18-21)33-29(39)34-24-8-1-2-9-25(24)35-12-3-4-13-35/h1,5-8,10-11,18,20,26,38H,2-4,9,12-17,19H2,(H,30,31,32)(H2,33,34,39). The Hall–Kier alpha value is -3.89. The Labute approximate surface area is 228 Å². The number of hydrogen-bond donors (Lipinski definition) is 4. The van der Waals surface area contributed by atoms with Gasteiger partial charge in [0.15, 0.2) is 0 Å². The van der Waals surface area contributed by atoms with Gasteiger partial charge in [0.25, 0.3) is 0 Å². The highest BCUT2D eigenvalue weighted by Crippen LogP contribution is 2.32. The molecule has 3 aromatic rings. The Morgan fingerprint density at radius 3 is 2.85 bits per heavy atom. The van der Waals surface area contributed by atoms with Gasteiger partial charge in [-0.15, -0.1) is 0 Å². The van der Waals surface area contributed by atoms with Gasteiger partial charge < -0.3 is 30.5 Å². The quantitative estimate of drug-likeness (QED) is 0.371. The Morgan fingerprint density at radius 2 is 1.97 bits per heavy atom. The lowest BCUT2D eigenvalue weighted by molar-refractivity contribution is 0.137. The number of likely N-dealkylation sites (tertiary alicyclic amines) is 1. The van der Waals surface area contributed by atoms with Gasteiger partial charge in [-0.3, -0.25) is 4.90 Å².